The van der Waals surface area contributed by atoms with Gasteiger partial charge in [-0.2, -0.15) is 0 Å². The quantitative estimate of drug-likeness (QED) is 0.222. The normalized spacial score (nSPS) is 19.0. The molecule has 0 spiro atoms. The number of aliphatic hydroxyl groups excluding tert-OH is 1. The molecule has 0 saturated carbocycles. The first kappa shape index (κ1) is 33.0. The summed E-state index contributed by atoms with van der Waals surface area (Å²) in [6, 6.07) is 11.3. The van der Waals surface area contributed by atoms with Crippen LogP contribution in [-0.4, -0.2) is 48.5 Å². The number of hydrogen-bond donors (Lipinski definition) is 1. The molecular weight excluding hydrogens is 553 g/mol. The Balaban J connectivity index is 1.83. The molecule has 0 bridgehead atoms. The van der Waals surface area contributed by atoms with Gasteiger partial charge in [-0.15, -0.1) is 0 Å². The van der Waals surface area contributed by atoms with E-state index < -0.39 is 34.6 Å². The van der Waals surface area contributed by atoms with Crippen molar-refractivity contribution in [2.75, 3.05) is 20.8 Å². The summed E-state index contributed by atoms with van der Waals surface area (Å²) in [5, 5.41) is 11.5. The van der Waals surface area contributed by atoms with Gasteiger partial charge in [0.1, 0.15) is 11.5 Å². The Hall–Kier alpha value is -2.50. The van der Waals surface area contributed by atoms with Gasteiger partial charge in [0, 0.05) is 5.92 Å². The highest BCUT2D eigenvalue weighted by molar-refractivity contribution is 6.75. The van der Waals surface area contributed by atoms with Crippen LogP contribution in [0.15, 0.2) is 36.4 Å². The van der Waals surface area contributed by atoms with Crippen LogP contribution in [-0.2, 0) is 16.0 Å². The Labute approximate surface area is 248 Å². The van der Waals surface area contributed by atoms with Gasteiger partial charge in [-0.05, 0) is 78.1 Å². The Morgan fingerprint density at radius 3 is 1.80 bits per heavy atom. The molecule has 0 aromatic heterocycles. The second kappa shape index (κ2) is 12.0. The lowest BCUT2D eigenvalue weighted by Gasteiger charge is -2.37. The average molecular weight is 603 g/mol. The van der Waals surface area contributed by atoms with Crippen molar-refractivity contribution in [1.29, 1.82) is 0 Å². The van der Waals surface area contributed by atoms with E-state index in [1.807, 2.05) is 36.4 Å². The van der Waals surface area contributed by atoms with Gasteiger partial charge in [-0.3, -0.25) is 4.79 Å². The minimum atomic E-state index is -2.09. The number of methoxy groups -OCH3 is 2. The molecular formula is C32H50O7Si2. The van der Waals surface area contributed by atoms with Crippen LogP contribution in [0.4, 0.5) is 0 Å². The Morgan fingerprint density at radius 2 is 1.32 bits per heavy atom. The summed E-state index contributed by atoms with van der Waals surface area (Å²) in [5.74, 6) is 1.36. The zero-order chi connectivity index (χ0) is 31.0. The summed E-state index contributed by atoms with van der Waals surface area (Å²) in [6.45, 7) is 22.1. The van der Waals surface area contributed by atoms with E-state index in [-0.39, 0.29) is 22.7 Å². The molecule has 41 heavy (non-hydrogen) atoms. The molecule has 1 saturated heterocycles. The minimum absolute atomic E-state index is 0.0305. The molecule has 7 nitrogen and oxygen atoms in total. The van der Waals surface area contributed by atoms with Crippen molar-refractivity contribution in [1.82, 2.24) is 0 Å². The fourth-order valence-corrected chi connectivity index (χ4v) is 6.40. The number of rotatable bonds is 10. The maximum Gasteiger partial charge on any atom is 0.309 e. The van der Waals surface area contributed by atoms with Gasteiger partial charge in [-0.25, -0.2) is 0 Å². The SMILES string of the molecule is COc1cc(C[C@H]2C(=O)OC[C@@H]2[C@@H](O)c2ccc(O[Si](C)(C)C(C)(C)C)c(OC)c2)ccc1O[Si](C)(C)C(C)(C)C. The molecule has 3 rings (SSSR count). The fraction of sp³-hybridized carbons (Fsp3) is 0.594. The Kier molecular flexibility index (Phi) is 9.67. The van der Waals surface area contributed by atoms with E-state index in [9.17, 15) is 9.90 Å². The molecule has 0 amide bonds. The van der Waals surface area contributed by atoms with Crippen LogP contribution in [0.25, 0.3) is 0 Å². The van der Waals surface area contributed by atoms with Crippen LogP contribution >= 0.6 is 0 Å². The van der Waals surface area contributed by atoms with Gasteiger partial charge in [0.2, 0.25) is 0 Å². The Bertz CT molecular complexity index is 1230. The molecule has 2 aromatic carbocycles. The third-order valence-electron chi connectivity index (χ3n) is 9.20. The fourth-order valence-electron chi connectivity index (χ4n) is 4.36. The third kappa shape index (κ3) is 7.29. The lowest BCUT2D eigenvalue weighted by atomic mass is 9.83. The van der Waals surface area contributed by atoms with Crippen LogP contribution in [0, 0.1) is 11.8 Å². The van der Waals surface area contributed by atoms with E-state index in [1.54, 1.807) is 14.2 Å². The lowest BCUT2D eigenvalue weighted by molar-refractivity contribution is -0.141. The number of benzene rings is 2. The molecule has 9 heteroatoms. The number of carbonyl (C=O) groups excluding carboxylic acids is 1. The van der Waals surface area contributed by atoms with Crippen LogP contribution in [0.1, 0.15) is 58.8 Å². The molecule has 0 unspecified atom stereocenters. The molecule has 0 aliphatic carbocycles. The highest BCUT2D eigenvalue weighted by Crippen LogP contribution is 2.44. The van der Waals surface area contributed by atoms with Crippen molar-refractivity contribution in [3.8, 4) is 23.0 Å². The van der Waals surface area contributed by atoms with Crippen molar-refractivity contribution < 1.29 is 33.0 Å². The number of cyclic esters (lactones) is 1. The van der Waals surface area contributed by atoms with Gasteiger partial charge < -0.3 is 28.2 Å². The summed E-state index contributed by atoms with van der Waals surface area (Å²) in [5.41, 5.74) is 1.58. The summed E-state index contributed by atoms with van der Waals surface area (Å²) in [6.07, 6.45) is -0.494. The van der Waals surface area contributed by atoms with Crippen LogP contribution in [0.3, 0.4) is 0 Å². The summed E-state index contributed by atoms with van der Waals surface area (Å²) in [7, 11) is -0.923. The standard InChI is InChI=1S/C32H50O7Si2/c1-31(2,3)40(9,10)38-25-15-13-21(18-27(25)35-7)17-23-24(20-37-30(23)34)29(33)22-14-16-26(28(19-22)36-8)39-41(11,12)32(4,5)6/h13-16,18-19,23-24,29,33H,17,20H2,1-12H3/t23-,24+,29+/m1/s1. The van der Waals surface area contributed by atoms with Gasteiger partial charge in [0.25, 0.3) is 16.6 Å². The summed E-state index contributed by atoms with van der Waals surface area (Å²) >= 11 is 0. The van der Waals surface area contributed by atoms with E-state index >= 15 is 0 Å². The van der Waals surface area contributed by atoms with Gasteiger partial charge in [0.05, 0.1) is 32.8 Å². The molecule has 2 aromatic rings. The maximum absolute atomic E-state index is 12.8. The Morgan fingerprint density at radius 1 is 0.829 bits per heavy atom. The van der Waals surface area contributed by atoms with Crippen molar-refractivity contribution >= 4 is 22.6 Å². The first-order chi connectivity index (χ1) is 18.8. The largest absolute Gasteiger partial charge is 0.541 e. The number of esters is 1. The monoisotopic (exact) mass is 602 g/mol. The minimum Gasteiger partial charge on any atom is -0.541 e. The maximum atomic E-state index is 12.8. The van der Waals surface area contributed by atoms with Gasteiger partial charge in [-0.1, -0.05) is 53.7 Å². The predicted molar refractivity (Wildman–Crippen MR) is 168 cm³/mol. The number of ether oxygens (including phenoxy) is 3. The second-order valence-electron chi connectivity index (χ2n) is 14.2. The molecule has 1 fully saturated rings. The van der Waals surface area contributed by atoms with Gasteiger partial charge in [0.15, 0.2) is 11.5 Å². The van der Waals surface area contributed by atoms with Crippen LogP contribution in [0.2, 0.25) is 36.3 Å². The second-order valence-corrected chi connectivity index (χ2v) is 23.6. The molecule has 228 valence electrons. The van der Waals surface area contributed by atoms with Crippen molar-refractivity contribution in [2.24, 2.45) is 11.8 Å². The zero-order valence-corrected chi connectivity index (χ0v) is 29.0. The highest BCUT2D eigenvalue weighted by Gasteiger charge is 2.43. The first-order valence-electron chi connectivity index (χ1n) is 14.4. The van der Waals surface area contributed by atoms with Crippen molar-refractivity contribution in [2.45, 2.75) is 90.3 Å². The molecule has 1 aliphatic heterocycles. The predicted octanol–water partition coefficient (Wildman–Crippen LogP) is 7.54. The van der Waals surface area contributed by atoms with E-state index in [4.69, 9.17) is 23.1 Å². The van der Waals surface area contributed by atoms with E-state index in [1.165, 1.54) is 0 Å². The molecule has 1 aliphatic rings. The third-order valence-corrected chi connectivity index (χ3v) is 17.9. The van der Waals surface area contributed by atoms with Crippen molar-refractivity contribution in [3.63, 3.8) is 0 Å². The van der Waals surface area contributed by atoms with E-state index in [0.717, 1.165) is 5.56 Å². The van der Waals surface area contributed by atoms with E-state index in [0.29, 0.717) is 35.0 Å². The highest BCUT2D eigenvalue weighted by atomic mass is 28.4. The molecule has 1 heterocycles. The number of carbonyl (C=O) groups is 1. The summed E-state index contributed by atoms with van der Waals surface area (Å²) < 4.78 is 29.8. The number of aliphatic hydroxyl groups is 1. The zero-order valence-electron chi connectivity index (χ0n) is 27.0. The summed E-state index contributed by atoms with van der Waals surface area (Å²) in [4.78, 5) is 12.8. The van der Waals surface area contributed by atoms with Crippen molar-refractivity contribution in [3.05, 3.63) is 47.5 Å². The van der Waals surface area contributed by atoms with Crippen LogP contribution in [0.5, 0.6) is 23.0 Å². The molecule has 0 radical (unpaired) electrons. The average Bonchev–Trinajstić information content (AvgIpc) is 3.22. The van der Waals surface area contributed by atoms with Crippen LogP contribution < -0.4 is 18.3 Å². The first-order valence-corrected chi connectivity index (χ1v) is 20.2. The molecule has 3 atom stereocenters. The van der Waals surface area contributed by atoms with E-state index in [2.05, 4.69) is 67.7 Å². The number of hydrogen-bond acceptors (Lipinski definition) is 7. The lowest BCUT2D eigenvalue weighted by Crippen LogP contribution is -2.43. The van der Waals surface area contributed by atoms with Gasteiger partial charge >= 0.3 is 5.97 Å². The topological polar surface area (TPSA) is 83.5 Å². The molecule has 1 N–H and O–H groups in total. The smallest absolute Gasteiger partial charge is 0.309 e.